The van der Waals surface area contributed by atoms with Gasteiger partial charge in [-0.1, -0.05) is 61.2 Å². The largest absolute Gasteiger partial charge is 0.460 e. The highest BCUT2D eigenvalue weighted by molar-refractivity contribution is 6.28. The van der Waals surface area contributed by atoms with E-state index in [-0.39, 0.29) is 5.78 Å². The Bertz CT molecular complexity index is 888. The van der Waals surface area contributed by atoms with E-state index >= 15 is 0 Å². The lowest BCUT2D eigenvalue weighted by atomic mass is 9.97. The zero-order valence-corrected chi connectivity index (χ0v) is 16.2. The van der Waals surface area contributed by atoms with Crippen LogP contribution in [-0.2, 0) is 9.53 Å². The van der Waals surface area contributed by atoms with Crippen molar-refractivity contribution in [1.82, 2.24) is 0 Å². The molecule has 0 amide bonds. The lowest BCUT2D eigenvalue weighted by Gasteiger charge is -2.20. The van der Waals surface area contributed by atoms with Gasteiger partial charge >= 0.3 is 5.97 Å². The van der Waals surface area contributed by atoms with Crippen LogP contribution in [0.4, 0.5) is 0 Å². The van der Waals surface area contributed by atoms with Gasteiger partial charge in [0.15, 0.2) is 5.78 Å². The van der Waals surface area contributed by atoms with Gasteiger partial charge in [0.2, 0.25) is 0 Å². The van der Waals surface area contributed by atoms with Gasteiger partial charge in [-0.2, -0.15) is 0 Å². The summed E-state index contributed by atoms with van der Waals surface area (Å²) in [7, 11) is 0. The first-order valence-corrected chi connectivity index (χ1v) is 9.22. The van der Waals surface area contributed by atoms with Gasteiger partial charge in [0.05, 0.1) is 6.61 Å². The summed E-state index contributed by atoms with van der Waals surface area (Å²) in [6, 6.07) is 15.7. The van der Waals surface area contributed by atoms with Crippen LogP contribution in [0.3, 0.4) is 0 Å². The van der Waals surface area contributed by atoms with Crippen LogP contribution in [0.5, 0.6) is 0 Å². The first-order valence-electron chi connectivity index (χ1n) is 9.22. The zero-order valence-electron chi connectivity index (χ0n) is 16.2. The molecule has 30 heavy (non-hydrogen) atoms. The minimum Gasteiger partial charge on any atom is -0.460 e. The summed E-state index contributed by atoms with van der Waals surface area (Å²) in [6.07, 6.45) is -2.11. The number of aliphatic hydroxyl groups is 4. The molecule has 0 saturated carbocycles. The number of allylic oxidation sites excluding steroid dienone is 1. The van der Waals surface area contributed by atoms with E-state index in [1.54, 1.807) is 24.3 Å². The minimum atomic E-state index is -1.64. The summed E-state index contributed by atoms with van der Waals surface area (Å²) >= 11 is 0. The van der Waals surface area contributed by atoms with Crippen LogP contribution < -0.4 is 0 Å². The predicted molar refractivity (Wildman–Crippen MR) is 111 cm³/mol. The number of Topliss-reactive ketones (excluding diaryl/α,β-unsaturated/α-hetero) is 1. The van der Waals surface area contributed by atoms with Gasteiger partial charge in [0.1, 0.15) is 24.9 Å². The molecule has 0 fully saturated rings. The van der Waals surface area contributed by atoms with Gasteiger partial charge < -0.3 is 25.2 Å². The van der Waals surface area contributed by atoms with E-state index in [0.29, 0.717) is 16.7 Å². The smallest absolute Gasteiger partial charge is 0.330 e. The van der Waals surface area contributed by atoms with Crippen molar-refractivity contribution in [2.45, 2.75) is 18.3 Å². The third-order valence-electron chi connectivity index (χ3n) is 4.35. The van der Waals surface area contributed by atoms with Crippen molar-refractivity contribution >= 4 is 23.4 Å². The summed E-state index contributed by atoms with van der Waals surface area (Å²) in [5, 5.41) is 37.0. The number of esters is 1. The molecule has 0 aliphatic rings. The monoisotopic (exact) mass is 412 g/mol. The van der Waals surface area contributed by atoms with Crippen molar-refractivity contribution in [3.05, 3.63) is 83.9 Å². The Hall–Kier alpha value is -3.10. The van der Waals surface area contributed by atoms with Gasteiger partial charge in [-0.05, 0) is 17.2 Å². The van der Waals surface area contributed by atoms with Crippen molar-refractivity contribution in [3.8, 4) is 0 Å². The lowest BCUT2D eigenvalue weighted by molar-refractivity contribution is -0.146. The van der Waals surface area contributed by atoms with Gasteiger partial charge in [0.25, 0.3) is 0 Å². The lowest BCUT2D eigenvalue weighted by Crippen LogP contribution is -2.42. The fraction of sp³-hybridized carbons (Fsp3) is 0.217. The Balaban J connectivity index is 1.90. The van der Waals surface area contributed by atoms with Crippen LogP contribution in [0.1, 0.15) is 21.5 Å². The van der Waals surface area contributed by atoms with E-state index in [2.05, 4.69) is 6.58 Å². The summed E-state index contributed by atoms with van der Waals surface area (Å²) < 4.78 is 4.79. The number of rotatable bonds is 10. The molecule has 2 rings (SSSR count). The van der Waals surface area contributed by atoms with Crippen molar-refractivity contribution in [2.75, 3.05) is 13.2 Å². The molecule has 3 atom stereocenters. The van der Waals surface area contributed by atoms with Gasteiger partial charge in [0, 0.05) is 17.2 Å². The topological polar surface area (TPSA) is 124 Å². The average molecular weight is 412 g/mol. The maximum atomic E-state index is 12.5. The molecule has 0 radical (unpaired) electrons. The highest BCUT2D eigenvalue weighted by Crippen LogP contribution is 2.18. The van der Waals surface area contributed by atoms with E-state index in [0.717, 1.165) is 11.6 Å². The van der Waals surface area contributed by atoms with Gasteiger partial charge in [-0.15, -0.1) is 0 Å². The number of aliphatic hydroxyl groups excluding tert-OH is 4. The molecule has 2 aromatic rings. The number of benzene rings is 2. The molecule has 7 heteroatoms. The maximum Gasteiger partial charge on any atom is 0.330 e. The molecular weight excluding hydrogens is 388 g/mol. The maximum absolute atomic E-state index is 12.5. The molecule has 0 heterocycles. The number of ketones is 1. The van der Waals surface area contributed by atoms with Crippen LogP contribution >= 0.6 is 0 Å². The molecule has 2 aromatic carbocycles. The van der Waals surface area contributed by atoms with Crippen molar-refractivity contribution in [3.63, 3.8) is 0 Å². The second-order valence-electron chi connectivity index (χ2n) is 6.57. The highest BCUT2D eigenvalue weighted by Gasteiger charge is 2.24. The highest BCUT2D eigenvalue weighted by atomic mass is 16.5. The van der Waals surface area contributed by atoms with Crippen molar-refractivity contribution in [2.24, 2.45) is 0 Å². The van der Waals surface area contributed by atoms with E-state index in [1.165, 1.54) is 6.08 Å². The third kappa shape index (κ3) is 6.47. The first-order chi connectivity index (χ1) is 14.3. The Morgan fingerprint density at radius 3 is 2.17 bits per heavy atom. The molecular formula is C23H24O7. The summed E-state index contributed by atoms with van der Waals surface area (Å²) in [6.45, 7) is 2.58. The van der Waals surface area contributed by atoms with Gasteiger partial charge in [-0.3, -0.25) is 4.79 Å². The number of carbonyl (C=O) groups excluding carboxylic acids is 2. The molecule has 0 unspecified atom stereocenters. The summed E-state index contributed by atoms with van der Waals surface area (Å²) in [5.41, 5.74) is 2.23. The number of carbonyl (C=O) groups is 2. The van der Waals surface area contributed by atoms with E-state index in [4.69, 9.17) is 9.84 Å². The number of hydrogen-bond acceptors (Lipinski definition) is 7. The molecule has 158 valence electrons. The van der Waals surface area contributed by atoms with Crippen LogP contribution in [0.25, 0.3) is 11.6 Å². The van der Waals surface area contributed by atoms with E-state index in [9.17, 15) is 24.9 Å². The fourth-order valence-corrected chi connectivity index (χ4v) is 2.53. The second kappa shape index (κ2) is 11.2. The van der Waals surface area contributed by atoms with Crippen LogP contribution in [0.2, 0.25) is 0 Å². The quantitative estimate of drug-likeness (QED) is 0.263. The number of ether oxygens (including phenoxy) is 1. The van der Waals surface area contributed by atoms with E-state index in [1.807, 2.05) is 30.3 Å². The minimum absolute atomic E-state index is 0.200. The van der Waals surface area contributed by atoms with Crippen molar-refractivity contribution < 1.29 is 34.8 Å². The summed E-state index contributed by atoms with van der Waals surface area (Å²) in [4.78, 5) is 24.3. The SMILES string of the molecule is C=C(C(=O)c1ccc(/C=C/C(=O)OC[C@@H](O)[C@H](O)[C@@H](O)CO)cc1)c1ccccc1. The molecule has 0 saturated heterocycles. The molecule has 0 aromatic heterocycles. The molecule has 0 aliphatic heterocycles. The molecule has 0 spiro atoms. The Labute approximate surface area is 174 Å². The Morgan fingerprint density at radius 1 is 0.933 bits per heavy atom. The predicted octanol–water partition coefficient (Wildman–Crippen LogP) is 1.21. The standard InChI is InChI=1S/C23H24O7/c1-15(17-5-3-2-4-6-17)22(28)18-10-7-16(8-11-18)9-12-21(27)30-14-20(26)23(29)19(25)13-24/h2-12,19-20,23-26,29H,1,13-14H2/b12-9+/t19-,20+,23+/m0/s1. The Kier molecular flexibility index (Phi) is 8.64. The Morgan fingerprint density at radius 2 is 1.57 bits per heavy atom. The van der Waals surface area contributed by atoms with Crippen molar-refractivity contribution in [1.29, 1.82) is 0 Å². The molecule has 4 N–H and O–H groups in total. The second-order valence-corrected chi connectivity index (χ2v) is 6.57. The fourth-order valence-electron chi connectivity index (χ4n) is 2.53. The molecule has 0 aliphatic carbocycles. The van der Waals surface area contributed by atoms with Crippen LogP contribution in [0, 0.1) is 0 Å². The van der Waals surface area contributed by atoms with Crippen LogP contribution in [0.15, 0.2) is 67.3 Å². The molecule has 0 bridgehead atoms. The van der Waals surface area contributed by atoms with Crippen LogP contribution in [-0.4, -0.2) is 63.7 Å². The summed E-state index contributed by atoms with van der Waals surface area (Å²) in [5.74, 6) is -0.967. The first kappa shape index (κ1) is 23.2. The normalized spacial score (nSPS) is 14.1. The van der Waals surface area contributed by atoms with Gasteiger partial charge in [-0.25, -0.2) is 4.79 Å². The number of hydrogen-bond donors (Lipinski definition) is 4. The third-order valence-corrected chi connectivity index (χ3v) is 4.35. The average Bonchev–Trinajstić information content (AvgIpc) is 2.80. The van der Waals surface area contributed by atoms with E-state index < -0.39 is 37.5 Å². The molecule has 7 nitrogen and oxygen atoms in total. The zero-order chi connectivity index (χ0) is 22.1.